The average Bonchev–Trinajstić information content (AvgIpc) is 2.43. The molecule has 0 radical (unpaired) electrons. The van der Waals surface area contributed by atoms with Gasteiger partial charge in [0.1, 0.15) is 0 Å². The molecule has 80 valence electrons. The molecular weight excluding hydrogens is 264 g/mol. The molecule has 0 atom stereocenters. The van der Waals surface area contributed by atoms with E-state index in [4.69, 9.17) is 0 Å². The Morgan fingerprint density at radius 1 is 1.33 bits per heavy atom. The van der Waals surface area contributed by atoms with Gasteiger partial charge in [0.25, 0.3) is 5.92 Å². The Bertz CT molecular complexity index is 511. The lowest BCUT2D eigenvalue weighted by Crippen LogP contribution is -2.05. The van der Waals surface area contributed by atoms with E-state index in [1.807, 2.05) is 6.07 Å². The number of aryl methyl sites for hydroxylation is 1. The van der Waals surface area contributed by atoms with Crippen LogP contribution in [0.25, 0.3) is 10.9 Å². The SMILES string of the molecule is Cn1cc(C(C)(F)F)c2ccc(Br)cc21. The molecule has 2 aromatic rings. The number of hydrogen-bond donors (Lipinski definition) is 0. The zero-order valence-corrected chi connectivity index (χ0v) is 9.98. The maximum absolute atomic E-state index is 13.3. The molecule has 0 aliphatic heterocycles. The third-order valence-corrected chi connectivity index (χ3v) is 2.92. The first-order chi connectivity index (χ1) is 6.89. The van der Waals surface area contributed by atoms with E-state index in [1.165, 1.54) is 6.20 Å². The minimum absolute atomic E-state index is 0.0764. The van der Waals surface area contributed by atoms with Crippen LogP contribution < -0.4 is 0 Å². The third-order valence-electron chi connectivity index (χ3n) is 2.43. The van der Waals surface area contributed by atoms with Gasteiger partial charge in [-0.1, -0.05) is 22.0 Å². The van der Waals surface area contributed by atoms with E-state index in [9.17, 15) is 8.78 Å². The van der Waals surface area contributed by atoms with E-state index in [-0.39, 0.29) is 5.56 Å². The number of benzene rings is 1. The molecule has 0 unspecified atom stereocenters. The topological polar surface area (TPSA) is 4.93 Å². The number of hydrogen-bond acceptors (Lipinski definition) is 0. The second kappa shape index (κ2) is 3.30. The molecule has 0 bridgehead atoms. The molecule has 0 aliphatic carbocycles. The van der Waals surface area contributed by atoms with Gasteiger partial charge in [-0.2, -0.15) is 0 Å². The molecule has 15 heavy (non-hydrogen) atoms. The number of rotatable bonds is 1. The number of halogens is 3. The van der Waals surface area contributed by atoms with E-state index >= 15 is 0 Å². The van der Waals surface area contributed by atoms with Crippen molar-refractivity contribution in [1.82, 2.24) is 4.57 Å². The lowest BCUT2D eigenvalue weighted by molar-refractivity contribution is 0.0189. The highest BCUT2D eigenvalue weighted by atomic mass is 79.9. The van der Waals surface area contributed by atoms with Crippen molar-refractivity contribution < 1.29 is 8.78 Å². The lowest BCUT2D eigenvalue weighted by Gasteiger charge is -2.07. The van der Waals surface area contributed by atoms with Gasteiger partial charge in [-0.25, -0.2) is 8.78 Å². The van der Waals surface area contributed by atoms with Crippen LogP contribution in [0.2, 0.25) is 0 Å². The van der Waals surface area contributed by atoms with Gasteiger partial charge >= 0.3 is 0 Å². The molecule has 4 heteroatoms. The van der Waals surface area contributed by atoms with Gasteiger partial charge in [-0.05, 0) is 12.1 Å². The van der Waals surface area contributed by atoms with Crippen LogP contribution in [0, 0.1) is 0 Å². The molecule has 0 spiro atoms. The van der Waals surface area contributed by atoms with Crippen molar-refractivity contribution in [2.45, 2.75) is 12.8 Å². The van der Waals surface area contributed by atoms with E-state index in [0.29, 0.717) is 5.39 Å². The summed E-state index contributed by atoms with van der Waals surface area (Å²) in [6.45, 7) is 0.920. The molecular formula is C11H10BrF2N. The Balaban J connectivity index is 2.79. The minimum Gasteiger partial charge on any atom is -0.350 e. The first-order valence-corrected chi connectivity index (χ1v) is 5.32. The van der Waals surface area contributed by atoms with Crippen molar-refractivity contribution in [1.29, 1.82) is 0 Å². The Morgan fingerprint density at radius 2 is 2.00 bits per heavy atom. The minimum atomic E-state index is -2.80. The molecule has 0 saturated heterocycles. The molecule has 0 fully saturated rings. The van der Waals surface area contributed by atoms with Gasteiger partial charge in [0.05, 0.1) is 0 Å². The van der Waals surface area contributed by atoms with Crippen LogP contribution in [0.15, 0.2) is 28.9 Å². The van der Waals surface area contributed by atoms with Crippen molar-refractivity contribution >= 4 is 26.8 Å². The smallest absolute Gasteiger partial charge is 0.272 e. The Morgan fingerprint density at radius 3 is 2.60 bits per heavy atom. The molecule has 1 aromatic carbocycles. The van der Waals surface area contributed by atoms with Crippen molar-refractivity contribution in [2.75, 3.05) is 0 Å². The summed E-state index contributed by atoms with van der Waals surface area (Å²) in [6.07, 6.45) is 1.48. The molecule has 0 saturated carbocycles. The quantitative estimate of drug-likeness (QED) is 0.739. The van der Waals surface area contributed by atoms with E-state index in [2.05, 4.69) is 15.9 Å². The number of alkyl halides is 2. The number of nitrogens with zero attached hydrogens (tertiary/aromatic N) is 1. The van der Waals surface area contributed by atoms with Gasteiger partial charge in [-0.15, -0.1) is 0 Å². The molecule has 0 aliphatic rings. The highest BCUT2D eigenvalue weighted by Gasteiger charge is 2.28. The largest absolute Gasteiger partial charge is 0.350 e. The standard InChI is InChI=1S/C11H10BrF2N/c1-11(13,14)9-6-15(2)10-5-7(12)3-4-8(9)10/h3-6H,1-2H3. The molecule has 1 nitrogen and oxygen atoms in total. The summed E-state index contributed by atoms with van der Waals surface area (Å²) in [7, 11) is 1.77. The van der Waals surface area contributed by atoms with Crippen molar-refractivity contribution in [3.8, 4) is 0 Å². The molecule has 1 aromatic heterocycles. The molecule has 1 heterocycles. The van der Waals surface area contributed by atoms with Crippen LogP contribution in [0.5, 0.6) is 0 Å². The first-order valence-electron chi connectivity index (χ1n) is 4.52. The van der Waals surface area contributed by atoms with Crippen LogP contribution in [-0.2, 0) is 13.0 Å². The summed E-state index contributed by atoms with van der Waals surface area (Å²) in [5.41, 5.74) is 0.883. The Hall–Kier alpha value is -0.900. The zero-order chi connectivity index (χ0) is 11.2. The second-order valence-electron chi connectivity index (χ2n) is 3.70. The van der Waals surface area contributed by atoms with Crippen LogP contribution in [0.4, 0.5) is 8.78 Å². The summed E-state index contributed by atoms with van der Waals surface area (Å²) >= 11 is 3.33. The fourth-order valence-electron chi connectivity index (χ4n) is 1.71. The van der Waals surface area contributed by atoms with Crippen LogP contribution >= 0.6 is 15.9 Å². The van der Waals surface area contributed by atoms with E-state index in [1.54, 1.807) is 23.7 Å². The van der Waals surface area contributed by atoms with Crippen LogP contribution in [-0.4, -0.2) is 4.57 Å². The van der Waals surface area contributed by atoms with E-state index < -0.39 is 5.92 Å². The van der Waals surface area contributed by atoms with Crippen molar-refractivity contribution in [2.24, 2.45) is 7.05 Å². The van der Waals surface area contributed by atoms with Gasteiger partial charge in [0.15, 0.2) is 0 Å². The maximum atomic E-state index is 13.3. The Labute approximate surface area is 94.8 Å². The van der Waals surface area contributed by atoms with E-state index in [0.717, 1.165) is 16.9 Å². The Kier molecular flexibility index (Phi) is 2.34. The summed E-state index contributed by atoms with van der Waals surface area (Å²) in [4.78, 5) is 0. The van der Waals surface area contributed by atoms with Crippen LogP contribution in [0.1, 0.15) is 12.5 Å². The van der Waals surface area contributed by atoms with Crippen molar-refractivity contribution in [3.63, 3.8) is 0 Å². The predicted molar refractivity (Wildman–Crippen MR) is 60.2 cm³/mol. The highest BCUT2D eigenvalue weighted by Crippen LogP contribution is 2.35. The normalized spacial score (nSPS) is 12.3. The average molecular weight is 274 g/mol. The second-order valence-corrected chi connectivity index (χ2v) is 4.62. The fourth-order valence-corrected chi connectivity index (χ4v) is 2.06. The lowest BCUT2D eigenvalue weighted by atomic mass is 10.1. The summed E-state index contributed by atoms with van der Waals surface area (Å²) in [5, 5.41) is 0.605. The predicted octanol–water partition coefficient (Wildman–Crippen LogP) is 4.05. The summed E-state index contributed by atoms with van der Waals surface area (Å²) in [5.74, 6) is -2.80. The zero-order valence-electron chi connectivity index (χ0n) is 8.39. The number of aromatic nitrogens is 1. The molecule has 2 rings (SSSR count). The molecule has 0 amide bonds. The fraction of sp³-hybridized carbons (Fsp3) is 0.273. The van der Waals surface area contributed by atoms with Gasteiger partial charge < -0.3 is 4.57 Å². The highest BCUT2D eigenvalue weighted by molar-refractivity contribution is 9.10. The first kappa shape index (κ1) is 10.6. The van der Waals surface area contributed by atoms with Crippen molar-refractivity contribution in [3.05, 3.63) is 34.4 Å². The third kappa shape index (κ3) is 1.78. The number of fused-ring (bicyclic) bond motifs is 1. The monoisotopic (exact) mass is 273 g/mol. The summed E-state index contributed by atoms with van der Waals surface area (Å²) in [6, 6.07) is 5.33. The van der Waals surface area contributed by atoms with Crippen LogP contribution in [0.3, 0.4) is 0 Å². The van der Waals surface area contributed by atoms with Gasteiger partial charge in [-0.3, -0.25) is 0 Å². The maximum Gasteiger partial charge on any atom is 0.272 e. The van der Waals surface area contributed by atoms with Gasteiger partial charge in [0.2, 0.25) is 0 Å². The summed E-state index contributed by atoms with van der Waals surface area (Å²) < 4.78 is 29.2. The van der Waals surface area contributed by atoms with Gasteiger partial charge in [0, 0.05) is 41.1 Å². The molecule has 0 N–H and O–H groups in total.